The molecule has 1 aliphatic rings. The minimum absolute atomic E-state index is 0.0185. The number of rotatable bonds is 2. The molecule has 5 heteroatoms. The van der Waals surface area contributed by atoms with E-state index in [4.69, 9.17) is 10.2 Å². The molecule has 0 aromatic heterocycles. The van der Waals surface area contributed by atoms with Gasteiger partial charge in [-0.3, -0.25) is 10.5 Å². The fraction of sp³-hybridized carbons (Fsp3) is 0.875. The maximum Gasteiger partial charge on any atom is 0.306 e. The lowest BCUT2D eigenvalue weighted by atomic mass is 10.1. The number of hydrogen-bond acceptors (Lipinski definition) is 4. The van der Waals surface area contributed by atoms with Crippen molar-refractivity contribution in [2.24, 2.45) is 11.7 Å². The van der Waals surface area contributed by atoms with Gasteiger partial charge in [-0.05, 0) is 12.8 Å². The van der Waals surface area contributed by atoms with Crippen LogP contribution in [0.1, 0.15) is 25.7 Å². The third kappa shape index (κ3) is 6.51. The molecule has 0 radical (unpaired) electrons. The summed E-state index contributed by atoms with van der Waals surface area (Å²) in [7, 11) is 1.32. The molecule has 1 saturated carbocycles. The third-order valence-corrected chi connectivity index (χ3v) is 1.95. The Kier molecular flexibility index (Phi) is 6.48. The van der Waals surface area contributed by atoms with Crippen LogP contribution in [0.15, 0.2) is 0 Å². The maximum atomic E-state index is 10.2. The topological polar surface area (TPSA) is 92.8 Å². The molecule has 1 unspecified atom stereocenters. The lowest BCUT2D eigenvalue weighted by Gasteiger charge is -1.97. The highest BCUT2D eigenvalue weighted by molar-refractivity contribution is 5.70. The summed E-state index contributed by atoms with van der Waals surface area (Å²) in [5, 5.41) is 16.3. The average Bonchev–Trinajstić information content (AvgIpc) is 2.57. The molecular weight excluding hydrogens is 174 g/mol. The number of carbonyl (C=O) groups is 1. The van der Waals surface area contributed by atoms with Gasteiger partial charge in [0.05, 0.1) is 5.92 Å². The van der Waals surface area contributed by atoms with Crippen LogP contribution in [-0.2, 0) is 9.53 Å². The first-order valence-electron chi connectivity index (χ1n) is 4.27. The second-order valence-corrected chi connectivity index (χ2v) is 2.95. The molecule has 1 atom stereocenters. The van der Waals surface area contributed by atoms with E-state index in [9.17, 15) is 4.79 Å². The van der Waals surface area contributed by atoms with Crippen LogP contribution in [0.3, 0.4) is 0 Å². The second-order valence-electron chi connectivity index (χ2n) is 2.95. The molecule has 1 fully saturated rings. The van der Waals surface area contributed by atoms with Crippen LogP contribution in [0.5, 0.6) is 0 Å². The number of carboxylic acid groups (broad SMARTS) is 1. The van der Waals surface area contributed by atoms with Crippen molar-refractivity contribution in [1.29, 1.82) is 0 Å². The standard InChI is InChI=1S/C6H10O2.C2H7NO2/c7-6(8)5-3-1-2-4-5;1-5-2(3)4/h5H,1-4H2,(H,7,8);2,4H,3H2,1H3. The van der Waals surface area contributed by atoms with Crippen molar-refractivity contribution in [3.8, 4) is 0 Å². The second kappa shape index (κ2) is 6.82. The van der Waals surface area contributed by atoms with E-state index in [2.05, 4.69) is 10.5 Å². The van der Waals surface area contributed by atoms with Crippen molar-refractivity contribution < 1.29 is 19.7 Å². The lowest BCUT2D eigenvalue weighted by molar-refractivity contribution is -0.141. The first-order chi connectivity index (χ1) is 6.07. The molecule has 13 heavy (non-hydrogen) atoms. The van der Waals surface area contributed by atoms with Crippen molar-refractivity contribution in [3.05, 3.63) is 0 Å². The highest BCUT2D eigenvalue weighted by Gasteiger charge is 2.20. The van der Waals surface area contributed by atoms with Gasteiger partial charge in [0.25, 0.3) is 0 Å². The number of aliphatic hydroxyl groups is 1. The minimum Gasteiger partial charge on any atom is -0.481 e. The highest BCUT2D eigenvalue weighted by Crippen LogP contribution is 2.24. The molecule has 4 N–H and O–H groups in total. The van der Waals surface area contributed by atoms with Crippen molar-refractivity contribution in [1.82, 2.24) is 0 Å². The smallest absolute Gasteiger partial charge is 0.306 e. The van der Waals surface area contributed by atoms with Crippen LogP contribution in [0.2, 0.25) is 0 Å². The van der Waals surface area contributed by atoms with Gasteiger partial charge in [-0.2, -0.15) is 0 Å². The van der Waals surface area contributed by atoms with E-state index in [0.29, 0.717) is 0 Å². The Morgan fingerprint density at radius 2 is 1.92 bits per heavy atom. The lowest BCUT2D eigenvalue weighted by Crippen LogP contribution is -2.19. The summed E-state index contributed by atoms with van der Waals surface area (Å²) in [6.45, 7) is 0. The number of methoxy groups -OCH3 is 1. The van der Waals surface area contributed by atoms with Crippen molar-refractivity contribution in [2.75, 3.05) is 7.11 Å². The molecule has 0 amide bonds. The molecule has 0 bridgehead atoms. The molecule has 5 nitrogen and oxygen atoms in total. The summed E-state index contributed by atoms with van der Waals surface area (Å²) in [4.78, 5) is 10.2. The van der Waals surface area contributed by atoms with Gasteiger partial charge in [0.1, 0.15) is 0 Å². The minimum atomic E-state index is -1.12. The van der Waals surface area contributed by atoms with Crippen LogP contribution < -0.4 is 5.73 Å². The van der Waals surface area contributed by atoms with Gasteiger partial charge < -0.3 is 14.9 Å². The van der Waals surface area contributed by atoms with Gasteiger partial charge in [0.15, 0.2) is 0 Å². The fourth-order valence-corrected chi connectivity index (χ4v) is 1.17. The fourth-order valence-electron chi connectivity index (χ4n) is 1.17. The van der Waals surface area contributed by atoms with Gasteiger partial charge in [0, 0.05) is 7.11 Å². The molecule has 0 heterocycles. The zero-order valence-corrected chi connectivity index (χ0v) is 7.77. The largest absolute Gasteiger partial charge is 0.481 e. The van der Waals surface area contributed by atoms with E-state index in [1.807, 2.05) is 0 Å². The Labute approximate surface area is 77.5 Å². The summed E-state index contributed by atoms with van der Waals surface area (Å²) in [6.07, 6.45) is 2.90. The predicted molar refractivity (Wildman–Crippen MR) is 46.8 cm³/mol. The summed E-state index contributed by atoms with van der Waals surface area (Å²) in [5.74, 6) is -0.627. The monoisotopic (exact) mass is 191 g/mol. The zero-order valence-electron chi connectivity index (χ0n) is 7.77. The molecule has 0 aromatic carbocycles. The Morgan fingerprint density at radius 1 is 1.54 bits per heavy atom. The van der Waals surface area contributed by atoms with E-state index < -0.39 is 12.4 Å². The molecule has 1 rings (SSSR count). The normalized spacial score (nSPS) is 19.0. The maximum absolute atomic E-state index is 10.2. The van der Waals surface area contributed by atoms with E-state index in [1.165, 1.54) is 7.11 Å². The number of nitrogens with two attached hydrogens (primary N) is 1. The number of hydrogen-bond donors (Lipinski definition) is 3. The van der Waals surface area contributed by atoms with Crippen molar-refractivity contribution >= 4 is 5.97 Å². The van der Waals surface area contributed by atoms with Crippen molar-refractivity contribution in [2.45, 2.75) is 32.1 Å². The number of carboxylic acids is 1. The van der Waals surface area contributed by atoms with Gasteiger partial charge in [-0.1, -0.05) is 12.8 Å². The zero-order chi connectivity index (χ0) is 10.3. The highest BCUT2D eigenvalue weighted by atomic mass is 16.6. The SMILES string of the molecule is COC(N)O.O=C(O)C1CCCC1. The Bertz CT molecular complexity index is 143. The van der Waals surface area contributed by atoms with Crippen LogP contribution in [0.4, 0.5) is 0 Å². The molecule has 0 spiro atoms. The molecule has 1 aliphatic carbocycles. The summed E-state index contributed by atoms with van der Waals surface area (Å²) in [5.41, 5.74) is 4.62. The molecule has 0 aliphatic heterocycles. The summed E-state index contributed by atoms with van der Waals surface area (Å²) in [6, 6.07) is 0. The Balaban J connectivity index is 0.000000252. The van der Waals surface area contributed by atoms with Gasteiger partial charge >= 0.3 is 5.97 Å². The molecule has 0 saturated heterocycles. The number of aliphatic hydroxyl groups excluding tert-OH is 1. The quantitative estimate of drug-likeness (QED) is 0.539. The Morgan fingerprint density at radius 3 is 2.08 bits per heavy atom. The third-order valence-electron chi connectivity index (χ3n) is 1.95. The first-order valence-corrected chi connectivity index (χ1v) is 4.27. The van der Waals surface area contributed by atoms with E-state index in [1.54, 1.807) is 0 Å². The first kappa shape index (κ1) is 12.3. The van der Waals surface area contributed by atoms with Crippen LogP contribution in [0.25, 0.3) is 0 Å². The van der Waals surface area contributed by atoms with Crippen molar-refractivity contribution in [3.63, 3.8) is 0 Å². The van der Waals surface area contributed by atoms with Crippen LogP contribution in [0, 0.1) is 5.92 Å². The summed E-state index contributed by atoms with van der Waals surface area (Å²) >= 11 is 0. The number of ether oxygens (including phenoxy) is 1. The van der Waals surface area contributed by atoms with Crippen LogP contribution >= 0.6 is 0 Å². The molecule has 78 valence electrons. The van der Waals surface area contributed by atoms with Crippen LogP contribution in [-0.4, -0.2) is 29.7 Å². The van der Waals surface area contributed by atoms with Gasteiger partial charge in [-0.15, -0.1) is 0 Å². The van der Waals surface area contributed by atoms with Gasteiger partial charge in [0.2, 0.25) is 6.41 Å². The van der Waals surface area contributed by atoms with Gasteiger partial charge in [-0.25, -0.2) is 0 Å². The summed E-state index contributed by atoms with van der Waals surface area (Å²) < 4.78 is 4.08. The molecule has 0 aromatic rings. The molecular formula is C8H17NO4. The number of aliphatic carboxylic acids is 1. The van der Waals surface area contributed by atoms with E-state index in [0.717, 1.165) is 25.7 Å². The predicted octanol–water partition coefficient (Wildman–Crippen LogP) is 0.129. The van der Waals surface area contributed by atoms with E-state index >= 15 is 0 Å². The van der Waals surface area contributed by atoms with E-state index in [-0.39, 0.29) is 5.92 Å². The average molecular weight is 191 g/mol. The Hall–Kier alpha value is -0.650.